The summed E-state index contributed by atoms with van der Waals surface area (Å²) < 4.78 is 10.7. The minimum atomic E-state index is -0.951. The molecule has 0 saturated carbocycles. The van der Waals surface area contributed by atoms with Crippen LogP contribution >= 0.6 is 0 Å². The van der Waals surface area contributed by atoms with Gasteiger partial charge in [0.25, 0.3) is 0 Å². The lowest BCUT2D eigenvalue weighted by molar-refractivity contribution is -0.124. The minimum absolute atomic E-state index is 0.305. The van der Waals surface area contributed by atoms with Crippen LogP contribution in [0.2, 0.25) is 0 Å². The van der Waals surface area contributed by atoms with Crippen molar-refractivity contribution in [2.45, 2.75) is 12.1 Å². The van der Waals surface area contributed by atoms with E-state index in [2.05, 4.69) is 5.10 Å². The molecule has 36 heavy (non-hydrogen) atoms. The number of fused-ring (bicyclic) bond motifs is 5. The molecule has 0 spiro atoms. The number of Topliss-reactive ketones (excluding diaryl/α,β-unsaturated/α-hetero) is 1. The van der Waals surface area contributed by atoms with Gasteiger partial charge >= 0.3 is 0 Å². The Morgan fingerprint density at radius 1 is 0.833 bits per heavy atom. The van der Waals surface area contributed by atoms with Crippen molar-refractivity contribution in [3.8, 4) is 11.5 Å². The quantitative estimate of drug-likeness (QED) is 0.410. The molecular weight excluding hydrogens is 458 g/mol. The predicted octanol–water partition coefficient (Wildman–Crippen LogP) is 3.47. The SMILES string of the molecule is COc1ccc(C(=O)[C@@H]2[C@@H]3C(=O)N(c4ccccc4)C(=O)[C@@H]3[C@H]3c4ccccc4C=NN23)cc1OC. The van der Waals surface area contributed by atoms with E-state index in [4.69, 9.17) is 9.47 Å². The predicted molar refractivity (Wildman–Crippen MR) is 132 cm³/mol. The average Bonchev–Trinajstić information content (AvgIpc) is 3.40. The van der Waals surface area contributed by atoms with Gasteiger partial charge in [-0.05, 0) is 41.5 Å². The molecule has 3 aliphatic rings. The van der Waals surface area contributed by atoms with Crippen LogP contribution in [-0.2, 0) is 9.59 Å². The molecule has 8 heteroatoms. The minimum Gasteiger partial charge on any atom is -0.493 e. The van der Waals surface area contributed by atoms with E-state index in [-0.39, 0.29) is 11.7 Å². The Labute approximate surface area is 207 Å². The van der Waals surface area contributed by atoms with Crippen molar-refractivity contribution in [3.63, 3.8) is 0 Å². The Balaban J connectivity index is 1.49. The Morgan fingerprint density at radius 2 is 1.53 bits per heavy atom. The van der Waals surface area contributed by atoms with Gasteiger partial charge in [0.1, 0.15) is 6.04 Å². The molecule has 4 atom stereocenters. The van der Waals surface area contributed by atoms with Crippen LogP contribution in [-0.4, -0.2) is 49.1 Å². The van der Waals surface area contributed by atoms with Crippen LogP contribution in [0.1, 0.15) is 27.5 Å². The largest absolute Gasteiger partial charge is 0.493 e. The molecule has 2 fully saturated rings. The highest BCUT2D eigenvalue weighted by atomic mass is 16.5. The van der Waals surface area contributed by atoms with E-state index >= 15 is 0 Å². The van der Waals surface area contributed by atoms with Crippen LogP contribution in [0.15, 0.2) is 77.9 Å². The fourth-order valence-corrected chi connectivity index (χ4v) is 5.66. The van der Waals surface area contributed by atoms with Crippen LogP contribution in [0.4, 0.5) is 5.69 Å². The summed E-state index contributed by atoms with van der Waals surface area (Å²) in [4.78, 5) is 42.9. The second kappa shape index (κ2) is 8.34. The smallest absolute Gasteiger partial charge is 0.240 e. The molecule has 0 aromatic heterocycles. The van der Waals surface area contributed by atoms with Crippen LogP contribution < -0.4 is 14.4 Å². The van der Waals surface area contributed by atoms with E-state index in [0.29, 0.717) is 22.7 Å². The van der Waals surface area contributed by atoms with Crippen LogP contribution in [0.25, 0.3) is 0 Å². The third-order valence-corrected chi connectivity index (χ3v) is 7.24. The maximum absolute atomic E-state index is 14.0. The first kappa shape index (κ1) is 22.0. The molecule has 0 radical (unpaired) electrons. The van der Waals surface area contributed by atoms with Crippen molar-refractivity contribution in [2.24, 2.45) is 16.9 Å². The van der Waals surface area contributed by atoms with Gasteiger partial charge in [0.05, 0.1) is 44.0 Å². The van der Waals surface area contributed by atoms with Gasteiger partial charge in [-0.2, -0.15) is 5.10 Å². The molecule has 3 aromatic rings. The fourth-order valence-electron chi connectivity index (χ4n) is 5.66. The van der Waals surface area contributed by atoms with Gasteiger partial charge in [-0.15, -0.1) is 0 Å². The topological polar surface area (TPSA) is 88.5 Å². The third kappa shape index (κ3) is 3.07. The first-order valence-corrected chi connectivity index (χ1v) is 11.7. The van der Waals surface area contributed by atoms with Crippen molar-refractivity contribution < 1.29 is 23.9 Å². The lowest BCUT2D eigenvalue weighted by Crippen LogP contribution is -2.44. The van der Waals surface area contributed by atoms with E-state index in [1.807, 2.05) is 30.3 Å². The summed E-state index contributed by atoms with van der Waals surface area (Å²) in [6.07, 6.45) is 1.69. The molecule has 0 bridgehead atoms. The number of hydrogen-bond acceptors (Lipinski definition) is 7. The Bertz CT molecular complexity index is 1420. The Morgan fingerprint density at radius 3 is 2.28 bits per heavy atom. The molecule has 3 aliphatic heterocycles. The molecule has 3 heterocycles. The zero-order valence-electron chi connectivity index (χ0n) is 19.7. The maximum Gasteiger partial charge on any atom is 0.240 e. The summed E-state index contributed by atoms with van der Waals surface area (Å²) in [7, 11) is 3.02. The van der Waals surface area contributed by atoms with Gasteiger partial charge in [0.2, 0.25) is 11.8 Å². The van der Waals surface area contributed by atoms with E-state index in [9.17, 15) is 14.4 Å². The maximum atomic E-state index is 14.0. The number of ether oxygens (including phenoxy) is 2. The summed E-state index contributed by atoms with van der Waals surface area (Å²) in [5.41, 5.74) is 2.60. The summed E-state index contributed by atoms with van der Waals surface area (Å²) >= 11 is 0. The number of hydrogen-bond donors (Lipinski definition) is 0. The lowest BCUT2D eigenvalue weighted by atomic mass is 9.83. The number of carbonyl (C=O) groups excluding carboxylic acids is 3. The average molecular weight is 482 g/mol. The van der Waals surface area contributed by atoms with Crippen molar-refractivity contribution in [1.82, 2.24) is 5.01 Å². The summed E-state index contributed by atoms with van der Waals surface area (Å²) in [6, 6.07) is 19.9. The van der Waals surface area contributed by atoms with Gasteiger partial charge < -0.3 is 9.47 Å². The van der Waals surface area contributed by atoms with Crippen molar-refractivity contribution in [1.29, 1.82) is 0 Å². The van der Waals surface area contributed by atoms with E-state index in [1.165, 1.54) is 19.1 Å². The van der Waals surface area contributed by atoms with E-state index in [1.54, 1.807) is 53.7 Å². The van der Waals surface area contributed by atoms with Crippen LogP contribution in [0, 0.1) is 11.8 Å². The molecule has 0 N–H and O–H groups in total. The van der Waals surface area contributed by atoms with Crippen molar-refractivity contribution in [2.75, 3.05) is 19.1 Å². The molecule has 180 valence electrons. The second-order valence-electron chi connectivity index (χ2n) is 8.98. The number of nitrogens with zero attached hydrogens (tertiary/aromatic N) is 3. The monoisotopic (exact) mass is 481 g/mol. The first-order chi connectivity index (χ1) is 17.5. The van der Waals surface area contributed by atoms with Gasteiger partial charge in [-0.1, -0.05) is 42.5 Å². The normalized spacial score (nSPS) is 23.8. The number of para-hydroxylation sites is 1. The fraction of sp³-hybridized carbons (Fsp3) is 0.214. The van der Waals surface area contributed by atoms with E-state index < -0.39 is 29.8 Å². The number of amides is 2. The number of ketones is 1. The molecule has 6 rings (SSSR count). The number of methoxy groups -OCH3 is 2. The summed E-state index contributed by atoms with van der Waals surface area (Å²) in [5, 5.41) is 6.24. The van der Waals surface area contributed by atoms with E-state index in [0.717, 1.165) is 11.1 Å². The number of hydrazone groups is 1. The first-order valence-electron chi connectivity index (χ1n) is 11.7. The highest BCUT2D eigenvalue weighted by Gasteiger charge is 2.65. The third-order valence-electron chi connectivity index (χ3n) is 7.24. The zero-order chi connectivity index (χ0) is 25.0. The van der Waals surface area contributed by atoms with Crippen LogP contribution in [0.3, 0.4) is 0 Å². The van der Waals surface area contributed by atoms with Gasteiger partial charge in [-0.3, -0.25) is 19.4 Å². The molecule has 2 amide bonds. The zero-order valence-corrected chi connectivity index (χ0v) is 19.7. The molecular formula is C28H23N3O5. The number of rotatable bonds is 5. The van der Waals surface area contributed by atoms with Gasteiger partial charge in [0, 0.05) is 5.56 Å². The number of anilines is 1. The summed E-state index contributed by atoms with van der Waals surface area (Å²) in [5.74, 6) is -1.75. The van der Waals surface area contributed by atoms with Gasteiger partial charge in [0.15, 0.2) is 17.3 Å². The van der Waals surface area contributed by atoms with Gasteiger partial charge in [-0.25, -0.2) is 4.90 Å². The Kier molecular flexibility index (Phi) is 5.10. The standard InChI is InChI=1S/C28H23N3O5/c1-35-20-13-12-16(14-21(20)36-2)26(32)25-23-22(24-19-11-7-6-8-17(19)15-29-31(24)25)27(33)30(28(23)34)18-9-4-3-5-10-18/h3-15,22-25H,1-2H3/t22-,23+,24+,25-/m0/s1. The number of benzene rings is 3. The molecule has 0 unspecified atom stereocenters. The Hall–Kier alpha value is -4.46. The highest BCUT2D eigenvalue weighted by Crippen LogP contribution is 2.53. The summed E-state index contributed by atoms with van der Waals surface area (Å²) in [6.45, 7) is 0. The number of imide groups is 1. The molecule has 8 nitrogen and oxygen atoms in total. The molecule has 0 aliphatic carbocycles. The lowest BCUT2D eigenvalue weighted by Gasteiger charge is -2.33. The second-order valence-corrected chi connectivity index (χ2v) is 8.98. The highest BCUT2D eigenvalue weighted by molar-refractivity contribution is 6.24. The van der Waals surface area contributed by atoms with Crippen molar-refractivity contribution >= 4 is 29.5 Å². The number of carbonyl (C=O) groups is 3. The van der Waals surface area contributed by atoms with Crippen molar-refractivity contribution in [3.05, 3.63) is 89.5 Å². The molecule has 2 saturated heterocycles. The molecule has 3 aromatic carbocycles. The van der Waals surface area contributed by atoms with Crippen LogP contribution in [0.5, 0.6) is 11.5 Å².